The first-order chi connectivity index (χ1) is 8.77. The lowest BCUT2D eigenvalue weighted by molar-refractivity contribution is 0.606. The van der Waals surface area contributed by atoms with E-state index in [0.29, 0.717) is 6.54 Å². The Bertz CT molecular complexity index is 345. The van der Waals surface area contributed by atoms with Gasteiger partial charge in [0.25, 0.3) is 0 Å². The maximum Gasteiger partial charge on any atom is 0.239 e. The Kier molecular flexibility index (Phi) is 7.01. The SMILES string of the molecule is CCCCCCCCNc1nc(NN)ncc1F. The second kappa shape index (κ2) is 8.63. The molecule has 102 valence electrons. The molecule has 0 aliphatic carbocycles. The van der Waals surface area contributed by atoms with Gasteiger partial charge >= 0.3 is 0 Å². The van der Waals surface area contributed by atoms with Gasteiger partial charge in [-0.3, -0.25) is 5.43 Å². The highest BCUT2D eigenvalue weighted by atomic mass is 19.1. The lowest BCUT2D eigenvalue weighted by Crippen LogP contribution is -2.13. The van der Waals surface area contributed by atoms with Gasteiger partial charge in [0.15, 0.2) is 11.6 Å². The number of hydrogen-bond acceptors (Lipinski definition) is 5. The minimum atomic E-state index is -0.458. The largest absolute Gasteiger partial charge is 0.367 e. The minimum absolute atomic E-state index is 0.200. The Morgan fingerprint density at radius 2 is 1.94 bits per heavy atom. The fourth-order valence-corrected chi connectivity index (χ4v) is 1.67. The summed E-state index contributed by atoms with van der Waals surface area (Å²) in [5.74, 6) is 5.12. The van der Waals surface area contributed by atoms with E-state index >= 15 is 0 Å². The monoisotopic (exact) mass is 255 g/mol. The first-order valence-corrected chi connectivity index (χ1v) is 6.51. The summed E-state index contributed by atoms with van der Waals surface area (Å²) < 4.78 is 13.3. The predicted octanol–water partition coefficient (Wildman–Crippen LogP) is 2.67. The fourth-order valence-electron chi connectivity index (χ4n) is 1.67. The van der Waals surface area contributed by atoms with Crippen molar-refractivity contribution in [1.82, 2.24) is 9.97 Å². The normalized spacial score (nSPS) is 10.4. The number of unbranched alkanes of at least 4 members (excludes halogenated alkanes) is 5. The maximum absolute atomic E-state index is 13.3. The van der Waals surface area contributed by atoms with Gasteiger partial charge in [-0.25, -0.2) is 15.2 Å². The van der Waals surface area contributed by atoms with Gasteiger partial charge in [-0.1, -0.05) is 39.0 Å². The summed E-state index contributed by atoms with van der Waals surface area (Å²) in [6.45, 7) is 2.91. The summed E-state index contributed by atoms with van der Waals surface area (Å²) in [6.07, 6.45) is 8.32. The van der Waals surface area contributed by atoms with E-state index in [4.69, 9.17) is 5.84 Å². The number of aromatic nitrogens is 2. The molecule has 6 heteroatoms. The molecule has 0 saturated carbocycles. The van der Waals surface area contributed by atoms with Gasteiger partial charge < -0.3 is 5.32 Å². The molecule has 0 spiro atoms. The van der Waals surface area contributed by atoms with Crippen LogP contribution in [0.15, 0.2) is 6.20 Å². The smallest absolute Gasteiger partial charge is 0.239 e. The van der Waals surface area contributed by atoms with Crippen molar-refractivity contribution in [3.63, 3.8) is 0 Å². The van der Waals surface area contributed by atoms with Crippen molar-refractivity contribution in [2.45, 2.75) is 45.4 Å². The maximum atomic E-state index is 13.3. The molecule has 1 rings (SSSR count). The number of nitrogen functional groups attached to an aromatic ring is 1. The first kappa shape index (κ1) is 14.6. The summed E-state index contributed by atoms with van der Waals surface area (Å²) in [7, 11) is 0. The van der Waals surface area contributed by atoms with Crippen molar-refractivity contribution in [3.8, 4) is 0 Å². The quantitative estimate of drug-likeness (QED) is 0.359. The molecule has 0 radical (unpaired) electrons. The average Bonchev–Trinajstić information content (AvgIpc) is 2.39. The van der Waals surface area contributed by atoms with E-state index in [0.717, 1.165) is 19.0 Å². The number of nitrogens with two attached hydrogens (primary N) is 1. The van der Waals surface area contributed by atoms with Crippen LogP contribution in [0.25, 0.3) is 0 Å². The molecule has 1 aromatic heterocycles. The second-order valence-corrected chi connectivity index (χ2v) is 4.23. The number of halogens is 1. The molecule has 0 aliphatic heterocycles. The van der Waals surface area contributed by atoms with Crippen molar-refractivity contribution >= 4 is 11.8 Å². The van der Waals surface area contributed by atoms with Crippen LogP contribution in [0.4, 0.5) is 16.2 Å². The van der Waals surface area contributed by atoms with Gasteiger partial charge in [-0.2, -0.15) is 4.98 Å². The molecule has 1 heterocycles. The van der Waals surface area contributed by atoms with E-state index in [1.807, 2.05) is 0 Å². The molecule has 0 amide bonds. The standard InChI is InChI=1S/C12H22FN5/c1-2-3-4-5-6-7-8-15-11-10(13)9-16-12(17-11)18-14/h9H,2-8,14H2,1H3,(H2,15,16,17,18). The molecule has 1 aromatic rings. The third-order valence-corrected chi connectivity index (χ3v) is 2.70. The van der Waals surface area contributed by atoms with E-state index in [1.54, 1.807) is 0 Å². The van der Waals surface area contributed by atoms with Crippen molar-refractivity contribution in [2.24, 2.45) is 5.84 Å². The molecule has 0 fully saturated rings. The number of hydrazine groups is 1. The van der Waals surface area contributed by atoms with Crippen LogP contribution in [-0.2, 0) is 0 Å². The lowest BCUT2D eigenvalue weighted by Gasteiger charge is -2.07. The number of nitrogens with one attached hydrogen (secondary N) is 2. The van der Waals surface area contributed by atoms with Gasteiger partial charge in [0.05, 0.1) is 6.20 Å². The van der Waals surface area contributed by atoms with Crippen LogP contribution in [0.2, 0.25) is 0 Å². The average molecular weight is 255 g/mol. The molecule has 0 atom stereocenters. The van der Waals surface area contributed by atoms with Gasteiger partial charge in [-0.15, -0.1) is 0 Å². The van der Waals surface area contributed by atoms with Crippen molar-refractivity contribution < 1.29 is 4.39 Å². The summed E-state index contributed by atoms with van der Waals surface area (Å²) in [5.41, 5.74) is 2.29. The molecular formula is C12H22FN5. The zero-order valence-corrected chi connectivity index (χ0v) is 10.9. The third kappa shape index (κ3) is 5.27. The Hall–Kier alpha value is -1.43. The number of anilines is 2. The molecule has 5 nitrogen and oxygen atoms in total. The first-order valence-electron chi connectivity index (χ1n) is 6.51. The van der Waals surface area contributed by atoms with Crippen LogP contribution in [0.5, 0.6) is 0 Å². The van der Waals surface area contributed by atoms with Crippen LogP contribution >= 0.6 is 0 Å². The highest BCUT2D eigenvalue weighted by Gasteiger charge is 2.05. The Labute approximate surface area is 107 Å². The Morgan fingerprint density at radius 3 is 2.67 bits per heavy atom. The van der Waals surface area contributed by atoms with Crippen LogP contribution in [0.1, 0.15) is 45.4 Å². The highest BCUT2D eigenvalue weighted by Crippen LogP contribution is 2.12. The topological polar surface area (TPSA) is 75.9 Å². The fraction of sp³-hybridized carbons (Fsp3) is 0.667. The van der Waals surface area contributed by atoms with Crippen LogP contribution < -0.4 is 16.6 Å². The minimum Gasteiger partial charge on any atom is -0.367 e. The molecule has 0 aromatic carbocycles. The predicted molar refractivity (Wildman–Crippen MR) is 71.7 cm³/mol. The zero-order valence-electron chi connectivity index (χ0n) is 10.9. The van der Waals surface area contributed by atoms with Crippen LogP contribution in [0, 0.1) is 5.82 Å². The summed E-state index contributed by atoms with van der Waals surface area (Å²) >= 11 is 0. The molecule has 18 heavy (non-hydrogen) atoms. The summed E-state index contributed by atoms with van der Waals surface area (Å²) in [4.78, 5) is 7.58. The van der Waals surface area contributed by atoms with E-state index in [-0.39, 0.29) is 11.8 Å². The van der Waals surface area contributed by atoms with Crippen LogP contribution in [-0.4, -0.2) is 16.5 Å². The Balaban J connectivity index is 2.22. The number of hydrogen-bond donors (Lipinski definition) is 3. The highest BCUT2D eigenvalue weighted by molar-refractivity contribution is 5.40. The van der Waals surface area contributed by atoms with E-state index in [9.17, 15) is 4.39 Å². The molecule has 0 bridgehead atoms. The van der Waals surface area contributed by atoms with Crippen LogP contribution in [0.3, 0.4) is 0 Å². The summed E-state index contributed by atoms with van der Waals surface area (Å²) in [6, 6.07) is 0. The van der Waals surface area contributed by atoms with Crippen molar-refractivity contribution in [1.29, 1.82) is 0 Å². The number of nitrogens with zero attached hydrogens (tertiary/aromatic N) is 2. The van der Waals surface area contributed by atoms with Gasteiger partial charge in [0.1, 0.15) is 0 Å². The molecule has 0 saturated heterocycles. The molecule has 0 aliphatic rings. The van der Waals surface area contributed by atoms with E-state index < -0.39 is 5.82 Å². The Morgan fingerprint density at radius 1 is 1.22 bits per heavy atom. The zero-order chi connectivity index (χ0) is 13.2. The third-order valence-electron chi connectivity index (χ3n) is 2.70. The molecular weight excluding hydrogens is 233 g/mol. The second-order valence-electron chi connectivity index (χ2n) is 4.23. The molecule has 0 unspecified atom stereocenters. The van der Waals surface area contributed by atoms with E-state index in [2.05, 4.69) is 27.6 Å². The van der Waals surface area contributed by atoms with Crippen molar-refractivity contribution in [2.75, 3.05) is 17.3 Å². The van der Waals surface area contributed by atoms with E-state index in [1.165, 1.54) is 25.7 Å². The van der Waals surface area contributed by atoms with Crippen molar-refractivity contribution in [3.05, 3.63) is 12.0 Å². The number of rotatable bonds is 9. The van der Waals surface area contributed by atoms with Gasteiger partial charge in [0, 0.05) is 6.54 Å². The lowest BCUT2D eigenvalue weighted by atomic mass is 10.1. The summed E-state index contributed by atoms with van der Waals surface area (Å²) in [5, 5.41) is 2.96. The van der Waals surface area contributed by atoms with Gasteiger partial charge in [0.2, 0.25) is 5.95 Å². The molecule has 4 N–H and O–H groups in total. The van der Waals surface area contributed by atoms with Gasteiger partial charge in [-0.05, 0) is 6.42 Å².